The maximum Gasteiger partial charge on any atom is 0.227 e. The molecule has 0 fully saturated rings. The van der Waals surface area contributed by atoms with Gasteiger partial charge in [0, 0.05) is 18.2 Å². The van der Waals surface area contributed by atoms with Crippen molar-refractivity contribution >= 4 is 11.6 Å². The van der Waals surface area contributed by atoms with Crippen molar-refractivity contribution in [3.8, 4) is 0 Å². The van der Waals surface area contributed by atoms with E-state index < -0.39 is 0 Å². The zero-order valence-corrected chi connectivity index (χ0v) is 12.7. The van der Waals surface area contributed by atoms with Crippen molar-refractivity contribution in [2.75, 3.05) is 11.9 Å². The second-order valence-corrected chi connectivity index (χ2v) is 5.26. The SMILES string of the molecule is CCCCC(CC)C(=O)Nc1cccc(CCCO)c1. The van der Waals surface area contributed by atoms with Gasteiger partial charge in [-0.3, -0.25) is 4.79 Å². The summed E-state index contributed by atoms with van der Waals surface area (Å²) < 4.78 is 0. The maximum atomic E-state index is 12.2. The Balaban J connectivity index is 2.59. The average molecular weight is 277 g/mol. The molecule has 0 aliphatic rings. The number of benzene rings is 1. The smallest absolute Gasteiger partial charge is 0.227 e. The van der Waals surface area contributed by atoms with Crippen LogP contribution in [0.1, 0.15) is 51.5 Å². The molecule has 1 unspecified atom stereocenters. The zero-order valence-electron chi connectivity index (χ0n) is 12.7. The summed E-state index contributed by atoms with van der Waals surface area (Å²) in [6.45, 7) is 4.42. The molecule has 1 aromatic carbocycles. The normalized spacial score (nSPS) is 12.2. The van der Waals surface area contributed by atoms with Crippen LogP contribution in [0.2, 0.25) is 0 Å². The summed E-state index contributed by atoms with van der Waals surface area (Å²) in [6.07, 6.45) is 5.67. The van der Waals surface area contributed by atoms with Crippen molar-refractivity contribution < 1.29 is 9.90 Å². The Hall–Kier alpha value is -1.35. The number of carbonyl (C=O) groups is 1. The van der Waals surface area contributed by atoms with Crippen molar-refractivity contribution in [1.82, 2.24) is 0 Å². The van der Waals surface area contributed by atoms with Crippen molar-refractivity contribution in [3.63, 3.8) is 0 Å². The largest absolute Gasteiger partial charge is 0.396 e. The minimum atomic E-state index is 0.107. The van der Waals surface area contributed by atoms with Gasteiger partial charge in [-0.2, -0.15) is 0 Å². The van der Waals surface area contributed by atoms with Gasteiger partial charge >= 0.3 is 0 Å². The number of amides is 1. The van der Waals surface area contributed by atoms with Gasteiger partial charge in [-0.05, 0) is 43.4 Å². The molecule has 0 heterocycles. The number of rotatable bonds is 9. The van der Waals surface area contributed by atoms with Gasteiger partial charge < -0.3 is 10.4 Å². The van der Waals surface area contributed by atoms with Gasteiger partial charge in [0.25, 0.3) is 0 Å². The van der Waals surface area contributed by atoms with E-state index in [0.29, 0.717) is 0 Å². The third kappa shape index (κ3) is 5.74. The van der Waals surface area contributed by atoms with E-state index in [0.717, 1.165) is 49.8 Å². The van der Waals surface area contributed by atoms with Crippen LogP contribution in [0.4, 0.5) is 5.69 Å². The van der Waals surface area contributed by atoms with Crippen molar-refractivity contribution in [2.24, 2.45) is 5.92 Å². The van der Waals surface area contributed by atoms with E-state index in [1.54, 1.807) is 0 Å². The molecule has 0 aliphatic carbocycles. The molecule has 3 heteroatoms. The van der Waals surface area contributed by atoms with Crippen LogP contribution >= 0.6 is 0 Å². The molecule has 3 nitrogen and oxygen atoms in total. The number of carbonyl (C=O) groups excluding carboxylic acids is 1. The summed E-state index contributed by atoms with van der Waals surface area (Å²) in [4.78, 5) is 12.2. The van der Waals surface area contributed by atoms with Gasteiger partial charge in [0.15, 0.2) is 0 Å². The maximum absolute atomic E-state index is 12.2. The Labute approximate surface area is 122 Å². The quantitative estimate of drug-likeness (QED) is 0.722. The topological polar surface area (TPSA) is 49.3 Å². The molecule has 0 aromatic heterocycles. The van der Waals surface area contributed by atoms with E-state index in [2.05, 4.69) is 19.2 Å². The standard InChI is InChI=1S/C17H27NO2/c1-3-5-10-15(4-2)17(20)18-16-11-6-8-14(13-16)9-7-12-19/h6,8,11,13,15,19H,3-5,7,9-10,12H2,1-2H3,(H,18,20). The number of anilines is 1. The minimum Gasteiger partial charge on any atom is -0.396 e. The first-order chi connectivity index (χ1) is 9.71. The molecule has 0 radical (unpaired) electrons. The molecule has 1 rings (SSSR count). The predicted octanol–water partition coefficient (Wildman–Crippen LogP) is 3.77. The lowest BCUT2D eigenvalue weighted by atomic mass is 9.98. The average Bonchev–Trinajstić information content (AvgIpc) is 2.46. The highest BCUT2D eigenvalue weighted by atomic mass is 16.2. The molecule has 20 heavy (non-hydrogen) atoms. The molecule has 0 aliphatic heterocycles. The zero-order chi connectivity index (χ0) is 14.8. The van der Waals surface area contributed by atoms with Crippen LogP contribution in [-0.4, -0.2) is 17.6 Å². The molecule has 0 bridgehead atoms. The van der Waals surface area contributed by atoms with Crippen molar-refractivity contribution in [1.29, 1.82) is 0 Å². The number of nitrogens with one attached hydrogen (secondary N) is 1. The molecule has 0 saturated carbocycles. The van der Waals surface area contributed by atoms with Crippen LogP contribution in [0, 0.1) is 5.92 Å². The van der Waals surface area contributed by atoms with Gasteiger partial charge in [-0.1, -0.05) is 38.8 Å². The number of aryl methyl sites for hydroxylation is 1. The summed E-state index contributed by atoms with van der Waals surface area (Å²) in [6, 6.07) is 7.90. The van der Waals surface area contributed by atoms with Crippen LogP contribution in [0.25, 0.3) is 0 Å². The monoisotopic (exact) mass is 277 g/mol. The van der Waals surface area contributed by atoms with Crippen LogP contribution < -0.4 is 5.32 Å². The van der Waals surface area contributed by atoms with E-state index in [-0.39, 0.29) is 18.4 Å². The van der Waals surface area contributed by atoms with E-state index in [9.17, 15) is 4.79 Å². The van der Waals surface area contributed by atoms with E-state index in [4.69, 9.17) is 5.11 Å². The van der Waals surface area contributed by atoms with Gasteiger partial charge in [0.05, 0.1) is 0 Å². The van der Waals surface area contributed by atoms with E-state index >= 15 is 0 Å². The third-order valence-corrected chi connectivity index (χ3v) is 3.59. The number of unbranched alkanes of at least 4 members (excludes halogenated alkanes) is 1. The highest BCUT2D eigenvalue weighted by Crippen LogP contribution is 2.17. The fraction of sp³-hybridized carbons (Fsp3) is 0.588. The molecule has 0 saturated heterocycles. The van der Waals surface area contributed by atoms with Gasteiger partial charge in [0.2, 0.25) is 5.91 Å². The lowest BCUT2D eigenvalue weighted by Gasteiger charge is -2.15. The first-order valence-electron chi connectivity index (χ1n) is 7.71. The molecule has 0 spiro atoms. The second-order valence-electron chi connectivity index (χ2n) is 5.26. The molecular formula is C17H27NO2. The molecule has 112 valence electrons. The second kappa shape index (κ2) is 9.54. The summed E-state index contributed by atoms with van der Waals surface area (Å²) >= 11 is 0. The number of hydrogen-bond acceptors (Lipinski definition) is 2. The molecular weight excluding hydrogens is 250 g/mol. The lowest BCUT2D eigenvalue weighted by Crippen LogP contribution is -2.22. The number of hydrogen-bond donors (Lipinski definition) is 2. The summed E-state index contributed by atoms with van der Waals surface area (Å²) in [7, 11) is 0. The van der Waals surface area contributed by atoms with E-state index in [1.165, 1.54) is 0 Å². The Bertz CT molecular complexity index is 404. The Kier molecular flexibility index (Phi) is 7.97. The van der Waals surface area contributed by atoms with Crippen LogP contribution in [0.5, 0.6) is 0 Å². The van der Waals surface area contributed by atoms with Crippen molar-refractivity contribution in [3.05, 3.63) is 29.8 Å². The Morgan fingerprint density at radius 1 is 1.30 bits per heavy atom. The molecule has 1 aromatic rings. The fourth-order valence-corrected chi connectivity index (χ4v) is 2.30. The summed E-state index contributed by atoms with van der Waals surface area (Å²) in [5, 5.41) is 11.9. The first kappa shape index (κ1) is 16.7. The van der Waals surface area contributed by atoms with Crippen LogP contribution in [0.15, 0.2) is 24.3 Å². The van der Waals surface area contributed by atoms with Gasteiger partial charge in [-0.25, -0.2) is 0 Å². The molecule has 1 amide bonds. The molecule has 2 N–H and O–H groups in total. The van der Waals surface area contributed by atoms with Crippen LogP contribution in [-0.2, 0) is 11.2 Å². The Morgan fingerprint density at radius 2 is 2.10 bits per heavy atom. The number of aliphatic hydroxyl groups excluding tert-OH is 1. The van der Waals surface area contributed by atoms with Crippen LogP contribution in [0.3, 0.4) is 0 Å². The van der Waals surface area contributed by atoms with Gasteiger partial charge in [-0.15, -0.1) is 0 Å². The lowest BCUT2D eigenvalue weighted by molar-refractivity contribution is -0.120. The highest BCUT2D eigenvalue weighted by molar-refractivity contribution is 5.92. The number of aliphatic hydroxyl groups is 1. The Morgan fingerprint density at radius 3 is 2.75 bits per heavy atom. The van der Waals surface area contributed by atoms with Crippen molar-refractivity contribution in [2.45, 2.75) is 52.4 Å². The summed E-state index contributed by atoms with van der Waals surface area (Å²) in [5.74, 6) is 0.233. The minimum absolute atomic E-state index is 0.107. The molecule has 1 atom stereocenters. The van der Waals surface area contributed by atoms with E-state index in [1.807, 2.05) is 24.3 Å². The summed E-state index contributed by atoms with van der Waals surface area (Å²) in [5.41, 5.74) is 2.01. The predicted molar refractivity (Wildman–Crippen MR) is 83.8 cm³/mol. The first-order valence-corrected chi connectivity index (χ1v) is 7.71. The fourth-order valence-electron chi connectivity index (χ4n) is 2.30. The third-order valence-electron chi connectivity index (χ3n) is 3.59. The van der Waals surface area contributed by atoms with Gasteiger partial charge in [0.1, 0.15) is 0 Å². The highest BCUT2D eigenvalue weighted by Gasteiger charge is 2.15.